The lowest BCUT2D eigenvalue weighted by molar-refractivity contribution is -0.0642. The minimum Gasteiger partial charge on any atom is -0.394 e. The Morgan fingerprint density at radius 3 is 2.45 bits per heavy atom. The van der Waals surface area contributed by atoms with Gasteiger partial charge in [0, 0.05) is 13.0 Å². The van der Waals surface area contributed by atoms with Crippen molar-refractivity contribution < 1.29 is 14.9 Å². The lowest BCUT2D eigenvalue weighted by Gasteiger charge is -2.24. The van der Waals surface area contributed by atoms with E-state index in [2.05, 4.69) is 0 Å². The number of hydrogen-bond donors (Lipinski definition) is 2. The molecular formula is C8H18O3. The van der Waals surface area contributed by atoms with Crippen LogP contribution in [0.1, 0.15) is 26.7 Å². The van der Waals surface area contributed by atoms with Gasteiger partial charge >= 0.3 is 0 Å². The largest absolute Gasteiger partial charge is 0.394 e. The Balaban J connectivity index is 0.000000461. The summed E-state index contributed by atoms with van der Waals surface area (Å²) < 4.78 is 5.09. The molecule has 1 heterocycles. The summed E-state index contributed by atoms with van der Waals surface area (Å²) in [6, 6.07) is 0. The summed E-state index contributed by atoms with van der Waals surface area (Å²) in [6.45, 7) is 4.60. The normalized spacial score (nSPS) is 30.5. The minimum absolute atomic E-state index is 0.0249. The molecule has 0 aromatic heterocycles. The molecule has 0 aliphatic carbocycles. The van der Waals surface area contributed by atoms with E-state index in [0.29, 0.717) is 19.4 Å². The topological polar surface area (TPSA) is 49.7 Å². The van der Waals surface area contributed by atoms with Gasteiger partial charge in [-0.3, -0.25) is 0 Å². The summed E-state index contributed by atoms with van der Waals surface area (Å²) in [6.07, 6.45) is 0.886. The van der Waals surface area contributed by atoms with Crippen molar-refractivity contribution in [1.29, 1.82) is 0 Å². The maximum atomic E-state index is 9.02. The first kappa shape index (κ1) is 10.9. The lowest BCUT2D eigenvalue weighted by atomic mass is 10.1. The molecule has 2 unspecified atom stereocenters. The fourth-order valence-electron chi connectivity index (χ4n) is 0.987. The SMILES string of the molecule is CC.OCC1CC(O)CCO1. The standard InChI is InChI=1S/C6H12O3.C2H6/c7-4-6-3-5(8)1-2-9-6;1-2/h5-8H,1-4H2;1-2H3. The number of ether oxygens (including phenoxy) is 1. The highest BCUT2D eigenvalue weighted by Gasteiger charge is 2.19. The van der Waals surface area contributed by atoms with Crippen molar-refractivity contribution in [3.63, 3.8) is 0 Å². The Morgan fingerprint density at radius 1 is 1.45 bits per heavy atom. The van der Waals surface area contributed by atoms with Crippen molar-refractivity contribution in [3.05, 3.63) is 0 Å². The summed E-state index contributed by atoms with van der Waals surface area (Å²) in [5.74, 6) is 0. The lowest BCUT2D eigenvalue weighted by Crippen LogP contribution is -2.31. The molecule has 0 radical (unpaired) electrons. The van der Waals surface area contributed by atoms with Crippen molar-refractivity contribution in [1.82, 2.24) is 0 Å². The van der Waals surface area contributed by atoms with Gasteiger partial charge in [0.15, 0.2) is 0 Å². The first-order valence-corrected chi connectivity index (χ1v) is 4.23. The van der Waals surface area contributed by atoms with Crippen LogP contribution in [0.3, 0.4) is 0 Å². The molecular weight excluding hydrogens is 144 g/mol. The van der Waals surface area contributed by atoms with E-state index < -0.39 is 0 Å². The van der Waals surface area contributed by atoms with Gasteiger partial charge < -0.3 is 14.9 Å². The van der Waals surface area contributed by atoms with Crippen molar-refractivity contribution in [2.45, 2.75) is 38.9 Å². The van der Waals surface area contributed by atoms with Crippen LogP contribution >= 0.6 is 0 Å². The average molecular weight is 162 g/mol. The van der Waals surface area contributed by atoms with E-state index in [1.807, 2.05) is 13.8 Å². The van der Waals surface area contributed by atoms with Crippen LogP contribution in [0, 0.1) is 0 Å². The molecule has 2 atom stereocenters. The first-order chi connectivity index (χ1) is 5.33. The van der Waals surface area contributed by atoms with Crippen LogP contribution in [0.25, 0.3) is 0 Å². The van der Waals surface area contributed by atoms with Crippen molar-refractivity contribution in [2.75, 3.05) is 13.2 Å². The molecule has 68 valence electrons. The summed E-state index contributed by atoms with van der Waals surface area (Å²) in [7, 11) is 0. The second kappa shape index (κ2) is 6.58. The Hall–Kier alpha value is -0.120. The second-order valence-electron chi connectivity index (χ2n) is 2.35. The molecule has 3 nitrogen and oxygen atoms in total. The maximum Gasteiger partial charge on any atom is 0.0830 e. The third kappa shape index (κ3) is 4.35. The number of hydrogen-bond acceptors (Lipinski definition) is 3. The minimum atomic E-state index is -0.268. The van der Waals surface area contributed by atoms with Crippen LogP contribution in [0.2, 0.25) is 0 Å². The molecule has 3 heteroatoms. The summed E-state index contributed by atoms with van der Waals surface area (Å²) in [5, 5.41) is 17.6. The van der Waals surface area contributed by atoms with Gasteiger partial charge in [0.2, 0.25) is 0 Å². The molecule has 1 aliphatic heterocycles. The fourth-order valence-corrected chi connectivity index (χ4v) is 0.987. The van der Waals surface area contributed by atoms with Crippen LogP contribution in [0.15, 0.2) is 0 Å². The van der Waals surface area contributed by atoms with E-state index in [0.717, 1.165) is 0 Å². The van der Waals surface area contributed by atoms with Gasteiger partial charge in [-0.2, -0.15) is 0 Å². The molecule has 1 saturated heterocycles. The van der Waals surface area contributed by atoms with Crippen molar-refractivity contribution >= 4 is 0 Å². The highest BCUT2D eigenvalue weighted by molar-refractivity contribution is 4.68. The van der Waals surface area contributed by atoms with E-state index in [1.165, 1.54) is 0 Å². The van der Waals surface area contributed by atoms with Gasteiger partial charge in [0.1, 0.15) is 0 Å². The number of aliphatic hydroxyl groups is 2. The zero-order valence-electron chi connectivity index (χ0n) is 7.29. The Bertz CT molecular complexity index is 85.4. The van der Waals surface area contributed by atoms with E-state index in [9.17, 15) is 0 Å². The summed E-state index contributed by atoms with van der Waals surface area (Å²) in [5.41, 5.74) is 0. The monoisotopic (exact) mass is 162 g/mol. The predicted octanol–water partition coefficient (Wildman–Crippen LogP) is 0.545. The molecule has 0 amide bonds. The van der Waals surface area contributed by atoms with Crippen LogP contribution in [-0.4, -0.2) is 35.6 Å². The number of aliphatic hydroxyl groups excluding tert-OH is 2. The average Bonchev–Trinajstić information content (AvgIpc) is 2.08. The molecule has 2 N–H and O–H groups in total. The zero-order chi connectivity index (χ0) is 8.69. The molecule has 0 saturated carbocycles. The van der Waals surface area contributed by atoms with Crippen LogP contribution in [0.5, 0.6) is 0 Å². The van der Waals surface area contributed by atoms with Gasteiger partial charge in [-0.05, 0) is 6.42 Å². The molecule has 0 aromatic rings. The molecule has 11 heavy (non-hydrogen) atoms. The van der Waals surface area contributed by atoms with Gasteiger partial charge in [0.05, 0.1) is 18.8 Å². The quantitative estimate of drug-likeness (QED) is 0.592. The Morgan fingerprint density at radius 2 is 2.09 bits per heavy atom. The highest BCUT2D eigenvalue weighted by atomic mass is 16.5. The van der Waals surface area contributed by atoms with E-state index >= 15 is 0 Å². The fraction of sp³-hybridized carbons (Fsp3) is 1.00. The Labute approximate surface area is 68.0 Å². The molecule has 1 aliphatic rings. The molecule has 0 aromatic carbocycles. The van der Waals surface area contributed by atoms with Gasteiger partial charge in [-0.1, -0.05) is 13.8 Å². The summed E-state index contributed by atoms with van der Waals surface area (Å²) >= 11 is 0. The van der Waals surface area contributed by atoms with Gasteiger partial charge in [-0.25, -0.2) is 0 Å². The van der Waals surface area contributed by atoms with Crippen molar-refractivity contribution in [2.24, 2.45) is 0 Å². The third-order valence-electron chi connectivity index (χ3n) is 1.54. The van der Waals surface area contributed by atoms with E-state index in [-0.39, 0.29) is 18.8 Å². The Kier molecular flexibility index (Phi) is 6.51. The molecule has 1 rings (SSSR count). The predicted molar refractivity (Wildman–Crippen MR) is 43.4 cm³/mol. The number of rotatable bonds is 1. The van der Waals surface area contributed by atoms with Gasteiger partial charge in [0.25, 0.3) is 0 Å². The smallest absolute Gasteiger partial charge is 0.0830 e. The second-order valence-corrected chi connectivity index (χ2v) is 2.35. The highest BCUT2D eigenvalue weighted by Crippen LogP contribution is 2.12. The van der Waals surface area contributed by atoms with E-state index in [4.69, 9.17) is 14.9 Å². The summed E-state index contributed by atoms with van der Waals surface area (Å²) in [4.78, 5) is 0. The maximum absolute atomic E-state index is 9.02. The third-order valence-corrected chi connectivity index (χ3v) is 1.54. The zero-order valence-corrected chi connectivity index (χ0v) is 7.29. The van der Waals surface area contributed by atoms with Crippen LogP contribution in [0.4, 0.5) is 0 Å². The van der Waals surface area contributed by atoms with E-state index in [1.54, 1.807) is 0 Å². The van der Waals surface area contributed by atoms with Crippen LogP contribution in [-0.2, 0) is 4.74 Å². The van der Waals surface area contributed by atoms with Crippen LogP contribution < -0.4 is 0 Å². The first-order valence-electron chi connectivity index (χ1n) is 4.23. The molecule has 0 bridgehead atoms. The molecule has 1 fully saturated rings. The van der Waals surface area contributed by atoms with Gasteiger partial charge in [-0.15, -0.1) is 0 Å². The molecule has 0 spiro atoms. The van der Waals surface area contributed by atoms with Crippen molar-refractivity contribution in [3.8, 4) is 0 Å².